The Morgan fingerprint density at radius 3 is 2.85 bits per heavy atom. The van der Waals surface area contributed by atoms with Crippen molar-refractivity contribution >= 4 is 5.69 Å². The Morgan fingerprint density at radius 1 is 1.25 bits per heavy atom. The van der Waals surface area contributed by atoms with Gasteiger partial charge in [0.25, 0.3) is 0 Å². The lowest BCUT2D eigenvalue weighted by molar-refractivity contribution is 0.111. The second-order valence-electron chi connectivity index (χ2n) is 6.29. The number of anilines is 1. The van der Waals surface area contributed by atoms with Crippen LogP contribution in [0, 0.1) is 12.7 Å². The minimum absolute atomic E-state index is 0.129. The molecule has 2 heterocycles. The summed E-state index contributed by atoms with van der Waals surface area (Å²) >= 11 is 0. The minimum Gasteiger partial charge on any atom is -0.365 e. The third kappa shape index (κ3) is 2.56. The van der Waals surface area contributed by atoms with E-state index in [2.05, 4.69) is 16.7 Å². The molecule has 0 aromatic heterocycles. The minimum atomic E-state index is -0.129. The molecule has 110 valence electrons. The van der Waals surface area contributed by atoms with Crippen LogP contribution in [0.25, 0.3) is 0 Å². The van der Waals surface area contributed by atoms with Gasteiger partial charge in [-0.2, -0.15) is 0 Å². The number of benzene rings is 1. The van der Waals surface area contributed by atoms with Gasteiger partial charge >= 0.3 is 0 Å². The van der Waals surface area contributed by atoms with E-state index in [1.807, 2.05) is 13.0 Å². The first-order valence-corrected chi connectivity index (χ1v) is 7.96. The van der Waals surface area contributed by atoms with Gasteiger partial charge < -0.3 is 4.90 Å². The van der Waals surface area contributed by atoms with E-state index in [-0.39, 0.29) is 5.82 Å². The second kappa shape index (κ2) is 5.72. The van der Waals surface area contributed by atoms with E-state index in [0.717, 1.165) is 25.1 Å². The van der Waals surface area contributed by atoms with Crippen molar-refractivity contribution in [1.82, 2.24) is 4.90 Å². The molecule has 3 rings (SSSR count). The molecule has 0 aliphatic carbocycles. The molecule has 2 unspecified atom stereocenters. The fourth-order valence-electron chi connectivity index (χ4n) is 3.84. The molecule has 2 saturated heterocycles. The maximum absolute atomic E-state index is 13.3. The summed E-state index contributed by atoms with van der Waals surface area (Å²) < 4.78 is 13.3. The second-order valence-corrected chi connectivity index (χ2v) is 6.29. The average Bonchev–Trinajstić information content (AvgIpc) is 2.46. The Morgan fingerprint density at radius 2 is 2.10 bits per heavy atom. The first kappa shape index (κ1) is 13.9. The third-order valence-electron chi connectivity index (χ3n) is 4.98. The van der Waals surface area contributed by atoms with Gasteiger partial charge in [0.2, 0.25) is 0 Å². The molecule has 0 saturated carbocycles. The Hall–Kier alpha value is -1.09. The number of piperidine rings is 1. The number of aryl methyl sites for hydroxylation is 1. The highest BCUT2D eigenvalue weighted by molar-refractivity contribution is 5.54. The normalized spacial score (nSPS) is 27.4. The summed E-state index contributed by atoms with van der Waals surface area (Å²) in [6.07, 6.45) is 5.17. The van der Waals surface area contributed by atoms with E-state index in [1.54, 1.807) is 12.1 Å². The van der Waals surface area contributed by atoms with Crippen LogP contribution in [0.4, 0.5) is 10.1 Å². The highest BCUT2D eigenvalue weighted by atomic mass is 19.1. The van der Waals surface area contributed by atoms with Crippen LogP contribution in [0.3, 0.4) is 0 Å². The monoisotopic (exact) mass is 276 g/mol. The molecule has 1 aromatic carbocycles. The third-order valence-corrected chi connectivity index (χ3v) is 4.98. The van der Waals surface area contributed by atoms with Crippen molar-refractivity contribution in [3.63, 3.8) is 0 Å². The van der Waals surface area contributed by atoms with Gasteiger partial charge in [-0.15, -0.1) is 0 Å². The fourth-order valence-corrected chi connectivity index (χ4v) is 3.84. The predicted octanol–water partition coefficient (Wildman–Crippen LogP) is 3.59. The van der Waals surface area contributed by atoms with Crippen molar-refractivity contribution in [3.8, 4) is 0 Å². The van der Waals surface area contributed by atoms with Gasteiger partial charge in [-0.3, -0.25) is 4.90 Å². The SMILES string of the molecule is CCC1CN2CCCCC2CN1c1ccc(F)cc1C. The van der Waals surface area contributed by atoms with E-state index in [0.29, 0.717) is 12.1 Å². The molecule has 20 heavy (non-hydrogen) atoms. The van der Waals surface area contributed by atoms with E-state index in [4.69, 9.17) is 0 Å². The summed E-state index contributed by atoms with van der Waals surface area (Å²) in [7, 11) is 0. The number of piperazine rings is 1. The Labute approximate surface area is 121 Å². The van der Waals surface area contributed by atoms with Crippen LogP contribution in [-0.4, -0.2) is 36.6 Å². The quantitative estimate of drug-likeness (QED) is 0.814. The van der Waals surface area contributed by atoms with Crippen LogP contribution in [0.1, 0.15) is 38.2 Å². The summed E-state index contributed by atoms with van der Waals surface area (Å²) in [6, 6.07) is 6.48. The molecule has 2 aliphatic heterocycles. The average molecular weight is 276 g/mol. The maximum Gasteiger partial charge on any atom is 0.123 e. The number of rotatable bonds is 2. The van der Waals surface area contributed by atoms with Crippen LogP contribution in [0.5, 0.6) is 0 Å². The highest BCUT2D eigenvalue weighted by Crippen LogP contribution is 2.31. The predicted molar refractivity (Wildman–Crippen MR) is 81.8 cm³/mol. The van der Waals surface area contributed by atoms with Crippen molar-refractivity contribution < 1.29 is 4.39 Å². The molecule has 0 radical (unpaired) electrons. The maximum atomic E-state index is 13.3. The van der Waals surface area contributed by atoms with Crippen LogP contribution in [-0.2, 0) is 0 Å². The van der Waals surface area contributed by atoms with Crippen molar-refractivity contribution in [1.29, 1.82) is 0 Å². The number of nitrogens with zero attached hydrogens (tertiary/aromatic N) is 2. The number of halogens is 1. The van der Waals surface area contributed by atoms with Crippen molar-refractivity contribution in [3.05, 3.63) is 29.6 Å². The van der Waals surface area contributed by atoms with Gasteiger partial charge in [-0.1, -0.05) is 13.3 Å². The summed E-state index contributed by atoms with van der Waals surface area (Å²) in [5.41, 5.74) is 2.29. The largest absolute Gasteiger partial charge is 0.365 e. The molecule has 1 aromatic rings. The zero-order valence-corrected chi connectivity index (χ0v) is 12.6. The van der Waals surface area contributed by atoms with Crippen molar-refractivity contribution in [2.45, 2.75) is 51.6 Å². The first-order valence-electron chi connectivity index (χ1n) is 7.96. The Bertz CT molecular complexity index is 474. The number of hydrogen-bond donors (Lipinski definition) is 0. The molecule has 0 bridgehead atoms. The van der Waals surface area contributed by atoms with Gasteiger partial charge in [0.1, 0.15) is 5.82 Å². The zero-order chi connectivity index (χ0) is 14.1. The summed E-state index contributed by atoms with van der Waals surface area (Å²) in [5.74, 6) is -0.129. The molecule has 2 nitrogen and oxygen atoms in total. The van der Waals surface area contributed by atoms with Gasteiger partial charge in [0.15, 0.2) is 0 Å². The smallest absolute Gasteiger partial charge is 0.123 e. The van der Waals surface area contributed by atoms with Crippen LogP contribution >= 0.6 is 0 Å². The first-order chi connectivity index (χ1) is 9.69. The lowest BCUT2D eigenvalue weighted by atomic mass is 9.95. The zero-order valence-electron chi connectivity index (χ0n) is 12.6. The van der Waals surface area contributed by atoms with Gasteiger partial charge in [-0.25, -0.2) is 4.39 Å². The lowest BCUT2D eigenvalue weighted by Gasteiger charge is -2.49. The van der Waals surface area contributed by atoms with Crippen molar-refractivity contribution in [2.24, 2.45) is 0 Å². The molecule has 2 atom stereocenters. The fraction of sp³-hybridized carbons (Fsp3) is 0.647. The number of hydrogen-bond acceptors (Lipinski definition) is 2. The molecule has 0 amide bonds. The molecule has 0 spiro atoms. The Kier molecular flexibility index (Phi) is 3.97. The van der Waals surface area contributed by atoms with E-state index in [9.17, 15) is 4.39 Å². The number of fused-ring (bicyclic) bond motifs is 1. The summed E-state index contributed by atoms with van der Waals surface area (Å²) in [5, 5.41) is 0. The van der Waals surface area contributed by atoms with Crippen LogP contribution < -0.4 is 4.90 Å². The van der Waals surface area contributed by atoms with Gasteiger partial charge in [0, 0.05) is 30.9 Å². The van der Waals surface area contributed by atoms with Gasteiger partial charge in [0.05, 0.1) is 0 Å². The lowest BCUT2D eigenvalue weighted by Crippen LogP contribution is -2.59. The standard InChI is InChI=1S/C17H25FN2/c1-3-15-11-19-9-5-4-6-16(19)12-20(15)17-8-7-14(18)10-13(17)2/h7-8,10,15-16H,3-6,9,11-12H2,1-2H3. The van der Waals surface area contributed by atoms with Crippen molar-refractivity contribution in [2.75, 3.05) is 24.5 Å². The summed E-state index contributed by atoms with van der Waals surface area (Å²) in [4.78, 5) is 5.20. The molecule has 2 aliphatic rings. The highest BCUT2D eigenvalue weighted by Gasteiger charge is 2.34. The van der Waals surface area contributed by atoms with E-state index in [1.165, 1.54) is 31.5 Å². The summed E-state index contributed by atoms with van der Waals surface area (Å²) in [6.45, 7) is 7.82. The topological polar surface area (TPSA) is 6.48 Å². The van der Waals surface area contributed by atoms with E-state index < -0.39 is 0 Å². The molecule has 3 heteroatoms. The molecule has 2 fully saturated rings. The van der Waals surface area contributed by atoms with Crippen LogP contribution in [0.15, 0.2) is 18.2 Å². The van der Waals surface area contributed by atoms with E-state index >= 15 is 0 Å². The molecular weight excluding hydrogens is 251 g/mol. The Balaban J connectivity index is 1.86. The van der Waals surface area contributed by atoms with Gasteiger partial charge in [-0.05, 0) is 56.5 Å². The molecule has 0 N–H and O–H groups in total. The van der Waals surface area contributed by atoms with Crippen LogP contribution in [0.2, 0.25) is 0 Å². The molecular formula is C17H25FN2.